The van der Waals surface area contributed by atoms with E-state index in [0.717, 1.165) is 36.8 Å². The van der Waals surface area contributed by atoms with Crippen LogP contribution in [0.3, 0.4) is 0 Å². The van der Waals surface area contributed by atoms with Crippen molar-refractivity contribution in [3.63, 3.8) is 0 Å². The van der Waals surface area contributed by atoms with Crippen LogP contribution in [0.4, 0.5) is 5.82 Å². The number of carbonyl (C=O) groups excluding carboxylic acids is 2. The number of rotatable bonds is 7. The van der Waals surface area contributed by atoms with Crippen LogP contribution < -0.4 is 21.5 Å². The Morgan fingerprint density at radius 2 is 1.76 bits per heavy atom. The highest BCUT2D eigenvalue weighted by Crippen LogP contribution is 2.36. The van der Waals surface area contributed by atoms with Crippen molar-refractivity contribution in [1.29, 1.82) is 0 Å². The van der Waals surface area contributed by atoms with Crippen LogP contribution in [0.1, 0.15) is 64.9 Å². The molecule has 0 unspecified atom stereocenters. The molecule has 2 amide bonds. The number of amides is 2. The molecule has 1 heterocycles. The summed E-state index contributed by atoms with van der Waals surface area (Å²) in [6, 6.07) is 14.8. The third kappa shape index (κ3) is 4.76. The Labute approximate surface area is 199 Å². The fourth-order valence-electron chi connectivity index (χ4n) is 4.55. The zero-order valence-corrected chi connectivity index (χ0v) is 19.6. The summed E-state index contributed by atoms with van der Waals surface area (Å²) in [6.45, 7) is 2.60. The van der Waals surface area contributed by atoms with Gasteiger partial charge < -0.3 is 21.5 Å². The number of primary amides is 1. The number of nitrogens with two attached hydrogens (primary N) is 2. The molecular formula is C26H31N5O3. The SMILES string of the molecule is COc1ccccc1C(=O)NCc1ccc(-c2nn(C3CCC(C)CC3)c(N)c2C(N)=O)cc1. The van der Waals surface area contributed by atoms with Crippen LogP contribution in [0.5, 0.6) is 5.75 Å². The zero-order valence-electron chi connectivity index (χ0n) is 19.6. The van der Waals surface area contributed by atoms with Gasteiger partial charge in [-0.05, 0) is 49.3 Å². The number of methoxy groups -OCH3 is 1. The molecule has 0 aliphatic heterocycles. The van der Waals surface area contributed by atoms with Crippen molar-refractivity contribution in [2.45, 2.75) is 45.2 Å². The van der Waals surface area contributed by atoms with Gasteiger partial charge >= 0.3 is 0 Å². The van der Waals surface area contributed by atoms with Crippen molar-refractivity contribution < 1.29 is 14.3 Å². The van der Waals surface area contributed by atoms with Gasteiger partial charge in [0.25, 0.3) is 11.8 Å². The van der Waals surface area contributed by atoms with E-state index in [1.807, 2.05) is 30.3 Å². The topological polar surface area (TPSA) is 125 Å². The lowest BCUT2D eigenvalue weighted by Crippen LogP contribution is -2.23. The fourth-order valence-corrected chi connectivity index (χ4v) is 4.55. The molecule has 0 atom stereocenters. The Morgan fingerprint density at radius 3 is 2.41 bits per heavy atom. The Balaban J connectivity index is 1.51. The van der Waals surface area contributed by atoms with Gasteiger partial charge in [0.05, 0.1) is 18.7 Å². The lowest BCUT2D eigenvalue weighted by Gasteiger charge is -2.27. The van der Waals surface area contributed by atoms with E-state index in [4.69, 9.17) is 21.3 Å². The lowest BCUT2D eigenvalue weighted by molar-refractivity contribution is 0.0946. The molecule has 8 heteroatoms. The summed E-state index contributed by atoms with van der Waals surface area (Å²) in [5.41, 5.74) is 14.9. The largest absolute Gasteiger partial charge is 0.496 e. The van der Waals surface area contributed by atoms with Gasteiger partial charge in [0.2, 0.25) is 0 Å². The van der Waals surface area contributed by atoms with Gasteiger partial charge in [-0.2, -0.15) is 5.10 Å². The molecule has 2 aromatic carbocycles. The Morgan fingerprint density at radius 1 is 1.09 bits per heavy atom. The quantitative estimate of drug-likeness (QED) is 0.492. The van der Waals surface area contributed by atoms with E-state index in [2.05, 4.69) is 12.2 Å². The highest BCUT2D eigenvalue weighted by molar-refractivity contribution is 6.03. The summed E-state index contributed by atoms with van der Waals surface area (Å²) >= 11 is 0. The minimum absolute atomic E-state index is 0.174. The summed E-state index contributed by atoms with van der Waals surface area (Å²) in [4.78, 5) is 24.8. The molecule has 8 nitrogen and oxygen atoms in total. The Kier molecular flexibility index (Phi) is 6.86. The first-order valence-electron chi connectivity index (χ1n) is 11.6. The fraction of sp³-hybridized carbons (Fsp3) is 0.346. The monoisotopic (exact) mass is 461 g/mol. The molecule has 0 bridgehead atoms. The van der Waals surface area contributed by atoms with Crippen LogP contribution in [-0.2, 0) is 6.54 Å². The van der Waals surface area contributed by atoms with Crippen LogP contribution in [0.15, 0.2) is 48.5 Å². The number of nitrogens with one attached hydrogen (secondary N) is 1. The molecule has 1 saturated carbocycles. The Bertz CT molecular complexity index is 1180. The summed E-state index contributed by atoms with van der Waals surface area (Å²) in [6.07, 6.45) is 4.19. The number of hydrogen-bond donors (Lipinski definition) is 3. The zero-order chi connectivity index (χ0) is 24.2. The number of anilines is 1. The second-order valence-corrected chi connectivity index (χ2v) is 8.91. The maximum Gasteiger partial charge on any atom is 0.255 e. The first-order chi connectivity index (χ1) is 16.4. The third-order valence-corrected chi connectivity index (χ3v) is 6.56. The van der Waals surface area contributed by atoms with Gasteiger partial charge in [-0.15, -0.1) is 0 Å². The van der Waals surface area contributed by atoms with Gasteiger partial charge in [0.1, 0.15) is 22.8 Å². The average molecular weight is 462 g/mol. The number of benzene rings is 2. The predicted octanol–water partition coefficient (Wildman–Crippen LogP) is 3.92. The van der Waals surface area contributed by atoms with Crippen molar-refractivity contribution in [3.05, 3.63) is 65.2 Å². The molecule has 4 rings (SSSR count). The smallest absolute Gasteiger partial charge is 0.255 e. The molecule has 34 heavy (non-hydrogen) atoms. The molecular weight excluding hydrogens is 430 g/mol. The summed E-state index contributed by atoms with van der Waals surface area (Å²) < 4.78 is 7.04. The summed E-state index contributed by atoms with van der Waals surface area (Å²) in [5.74, 6) is 0.742. The molecule has 3 aromatic rings. The number of nitrogen functional groups attached to an aromatic ring is 1. The van der Waals surface area contributed by atoms with E-state index in [0.29, 0.717) is 35.3 Å². The molecule has 5 N–H and O–H groups in total. The maximum atomic E-state index is 12.5. The van der Waals surface area contributed by atoms with Crippen LogP contribution in [0.2, 0.25) is 0 Å². The molecule has 1 aromatic heterocycles. The minimum Gasteiger partial charge on any atom is -0.496 e. The normalized spacial score (nSPS) is 17.8. The maximum absolute atomic E-state index is 12.5. The van der Waals surface area contributed by atoms with Gasteiger partial charge in [-0.1, -0.05) is 43.3 Å². The first-order valence-corrected chi connectivity index (χ1v) is 11.6. The summed E-state index contributed by atoms with van der Waals surface area (Å²) in [5, 5.41) is 7.63. The first kappa shape index (κ1) is 23.4. The molecule has 1 aliphatic rings. The number of hydrogen-bond acceptors (Lipinski definition) is 5. The standard InChI is InChI=1S/C26H31N5O3/c1-16-7-13-19(14-8-16)31-24(27)22(25(28)32)23(30-31)18-11-9-17(10-12-18)15-29-26(33)20-5-3-4-6-21(20)34-2/h3-6,9-12,16,19H,7-8,13-15,27H2,1-2H3,(H2,28,32)(H,29,33). The lowest BCUT2D eigenvalue weighted by atomic mass is 9.87. The number of carbonyl (C=O) groups is 2. The van der Waals surface area contributed by atoms with Crippen molar-refractivity contribution in [2.24, 2.45) is 11.7 Å². The van der Waals surface area contributed by atoms with Crippen molar-refractivity contribution >= 4 is 17.6 Å². The van der Waals surface area contributed by atoms with Crippen LogP contribution in [0.25, 0.3) is 11.3 Å². The number of aromatic nitrogens is 2. The summed E-state index contributed by atoms with van der Waals surface area (Å²) in [7, 11) is 1.54. The van der Waals surface area contributed by atoms with E-state index in [1.54, 1.807) is 22.9 Å². The minimum atomic E-state index is -0.587. The molecule has 1 fully saturated rings. The van der Waals surface area contributed by atoms with Gasteiger partial charge in [-0.3, -0.25) is 9.59 Å². The predicted molar refractivity (Wildman–Crippen MR) is 131 cm³/mol. The Hall–Kier alpha value is -3.81. The van der Waals surface area contributed by atoms with Crippen molar-refractivity contribution in [1.82, 2.24) is 15.1 Å². The van der Waals surface area contributed by atoms with Crippen LogP contribution >= 0.6 is 0 Å². The van der Waals surface area contributed by atoms with Gasteiger partial charge in [-0.25, -0.2) is 4.68 Å². The van der Waals surface area contributed by atoms with Gasteiger partial charge in [0.15, 0.2) is 0 Å². The highest BCUT2D eigenvalue weighted by atomic mass is 16.5. The molecule has 0 saturated heterocycles. The van der Waals surface area contributed by atoms with Crippen LogP contribution in [0, 0.1) is 5.92 Å². The van der Waals surface area contributed by atoms with E-state index in [1.165, 1.54) is 7.11 Å². The molecule has 0 spiro atoms. The molecule has 0 radical (unpaired) electrons. The number of para-hydroxylation sites is 1. The average Bonchev–Trinajstić information content (AvgIpc) is 3.20. The van der Waals surface area contributed by atoms with Gasteiger partial charge in [0, 0.05) is 12.1 Å². The number of nitrogens with zero attached hydrogens (tertiary/aromatic N) is 2. The third-order valence-electron chi connectivity index (χ3n) is 6.56. The molecule has 178 valence electrons. The van der Waals surface area contributed by atoms with Crippen molar-refractivity contribution in [3.8, 4) is 17.0 Å². The number of ether oxygens (including phenoxy) is 1. The highest BCUT2D eigenvalue weighted by Gasteiger charge is 2.27. The van der Waals surface area contributed by atoms with E-state index in [-0.39, 0.29) is 17.5 Å². The van der Waals surface area contributed by atoms with Crippen LogP contribution in [-0.4, -0.2) is 28.7 Å². The molecule has 1 aliphatic carbocycles. The van der Waals surface area contributed by atoms with E-state index >= 15 is 0 Å². The van der Waals surface area contributed by atoms with Crippen molar-refractivity contribution in [2.75, 3.05) is 12.8 Å². The second-order valence-electron chi connectivity index (χ2n) is 8.91. The van der Waals surface area contributed by atoms with E-state index < -0.39 is 5.91 Å². The van der Waals surface area contributed by atoms with E-state index in [9.17, 15) is 9.59 Å². The second kappa shape index (κ2) is 9.99.